The normalized spacial score (nSPS) is 13.4. The van der Waals surface area contributed by atoms with Gasteiger partial charge in [0.2, 0.25) is 0 Å². The lowest BCUT2D eigenvalue weighted by Crippen LogP contribution is -2.36. The summed E-state index contributed by atoms with van der Waals surface area (Å²) in [6.45, 7) is 0. The number of fused-ring (bicyclic) bond motifs is 1. The van der Waals surface area contributed by atoms with Crippen LogP contribution in [0.4, 0.5) is 0 Å². The van der Waals surface area contributed by atoms with Crippen LogP contribution >= 0.6 is 143 Å². The summed E-state index contributed by atoms with van der Waals surface area (Å²) in [7, 11) is 0. The number of carbonyl (C=O) groups is 3. The van der Waals surface area contributed by atoms with Crippen molar-refractivity contribution < 1.29 is 14.4 Å². The van der Waals surface area contributed by atoms with E-state index in [4.69, 9.17) is 0 Å². The molecule has 0 fully saturated rings. The van der Waals surface area contributed by atoms with Gasteiger partial charge >= 0.3 is 0 Å². The van der Waals surface area contributed by atoms with Crippen molar-refractivity contribution in [3.63, 3.8) is 0 Å². The van der Waals surface area contributed by atoms with Crippen molar-refractivity contribution in [3.05, 3.63) is 56.9 Å². The maximum Gasteiger partial charge on any atom is 0.270 e. The van der Waals surface area contributed by atoms with Crippen molar-refractivity contribution in [1.29, 1.82) is 0 Å². The molecule has 0 saturated carbocycles. The summed E-state index contributed by atoms with van der Waals surface area (Å²) in [6.07, 6.45) is 0. The monoisotopic (exact) mass is 952 g/mol. The smallest absolute Gasteiger partial charge is 0.268 e. The van der Waals surface area contributed by atoms with Gasteiger partial charge in [-0.2, -0.15) is 0 Å². The van der Waals surface area contributed by atoms with Crippen LogP contribution in [-0.2, 0) is 0 Å². The summed E-state index contributed by atoms with van der Waals surface area (Å²) in [5.74, 6) is -2.22. The van der Waals surface area contributed by atoms with Crippen molar-refractivity contribution in [2.75, 3.05) is 0 Å². The number of halogens is 9. The van der Waals surface area contributed by atoms with E-state index in [1.807, 2.05) is 0 Å². The second-order valence-corrected chi connectivity index (χ2v) is 12.3. The Bertz CT molecular complexity index is 1050. The average molecular weight is 961 g/mol. The van der Waals surface area contributed by atoms with Gasteiger partial charge in [-0.25, -0.2) is 4.90 Å². The Morgan fingerprint density at radius 2 is 0.786 bits per heavy atom. The molecule has 0 aromatic heterocycles. The van der Waals surface area contributed by atoms with Gasteiger partial charge in [-0.1, -0.05) is 0 Å². The van der Waals surface area contributed by atoms with Gasteiger partial charge in [0.05, 0.1) is 16.7 Å². The van der Waals surface area contributed by atoms with Crippen molar-refractivity contribution in [2.45, 2.75) is 0 Å². The number of amides is 3. The Hall–Kier alpha value is 1.57. The molecule has 0 spiro atoms. The molecule has 0 radical (unpaired) electrons. The van der Waals surface area contributed by atoms with Crippen LogP contribution < -0.4 is 0 Å². The van der Waals surface area contributed by atoms with E-state index in [1.165, 1.54) is 0 Å². The fourth-order valence-corrected chi connectivity index (χ4v) is 8.28. The second-order valence-electron chi connectivity index (χ2n) is 5.20. The number of hydrogen-bond acceptors (Lipinski definition) is 3. The molecule has 28 heavy (non-hydrogen) atoms. The van der Waals surface area contributed by atoms with Crippen LogP contribution in [0.3, 0.4) is 0 Å². The molecular formula is C15Br9NO3. The van der Waals surface area contributed by atoms with Gasteiger partial charge in [0, 0.05) is 40.3 Å². The summed E-state index contributed by atoms with van der Waals surface area (Å²) < 4.78 is 4.38. The minimum Gasteiger partial charge on any atom is -0.268 e. The summed E-state index contributed by atoms with van der Waals surface area (Å²) in [4.78, 5) is 40.0. The van der Waals surface area contributed by atoms with Crippen LogP contribution in [0.2, 0.25) is 0 Å². The summed E-state index contributed by atoms with van der Waals surface area (Å²) in [5.41, 5.74) is 0.312. The zero-order chi connectivity index (χ0) is 21.2. The van der Waals surface area contributed by atoms with Crippen molar-refractivity contribution in [2.24, 2.45) is 0 Å². The maximum absolute atomic E-state index is 13.3. The van der Waals surface area contributed by atoms with Gasteiger partial charge in [0.1, 0.15) is 0 Å². The zero-order valence-electron chi connectivity index (χ0n) is 12.6. The van der Waals surface area contributed by atoms with Crippen LogP contribution in [0.5, 0.6) is 0 Å². The lowest BCUT2D eigenvalue weighted by atomic mass is 10.1. The first-order valence-electron chi connectivity index (χ1n) is 6.73. The Kier molecular flexibility index (Phi) is 7.64. The van der Waals surface area contributed by atoms with E-state index in [0.717, 1.165) is 0 Å². The van der Waals surface area contributed by atoms with Crippen LogP contribution in [-0.4, -0.2) is 22.6 Å². The minimum atomic E-state index is -0.773. The maximum atomic E-state index is 13.3. The number of benzene rings is 2. The molecule has 1 aliphatic rings. The Labute approximate surface area is 234 Å². The van der Waals surface area contributed by atoms with Gasteiger partial charge < -0.3 is 0 Å². The molecule has 3 amide bonds. The standard InChI is InChI=1S/C15Br9NO3/c16-4-1-2(5(17)9(21)8(4)20)14(27)25(13(1)26)15(28)3-6(18)10(22)12(24)11(23)7(3)19. The molecule has 0 unspecified atom stereocenters. The lowest BCUT2D eigenvalue weighted by molar-refractivity contribution is 0.0565. The molecule has 1 aliphatic heterocycles. The number of hydrogen-bond donors (Lipinski definition) is 0. The molecule has 3 rings (SSSR count). The van der Waals surface area contributed by atoms with E-state index in [9.17, 15) is 14.4 Å². The van der Waals surface area contributed by atoms with E-state index < -0.39 is 17.7 Å². The molecule has 1 heterocycles. The minimum absolute atomic E-state index is 0.0998. The molecular weight excluding hydrogens is 961 g/mol. The highest BCUT2D eigenvalue weighted by Gasteiger charge is 2.45. The van der Waals surface area contributed by atoms with Gasteiger partial charge in [-0.05, 0) is 143 Å². The highest BCUT2D eigenvalue weighted by atomic mass is 79.9. The van der Waals surface area contributed by atoms with Crippen LogP contribution in [0.1, 0.15) is 31.1 Å². The summed E-state index contributed by atoms with van der Waals surface area (Å²) in [5, 5.41) is 0. The number of carbonyl (C=O) groups excluding carboxylic acids is 3. The molecule has 0 aliphatic carbocycles. The zero-order valence-corrected chi connectivity index (χ0v) is 26.8. The topological polar surface area (TPSA) is 54.5 Å². The van der Waals surface area contributed by atoms with Crippen LogP contribution in [0, 0.1) is 0 Å². The largest absolute Gasteiger partial charge is 0.270 e. The summed E-state index contributed by atoms with van der Waals surface area (Å²) in [6, 6.07) is 0. The van der Waals surface area contributed by atoms with Gasteiger partial charge in [0.25, 0.3) is 17.7 Å². The molecule has 0 saturated heterocycles. The van der Waals surface area contributed by atoms with Gasteiger partial charge in [-0.15, -0.1) is 0 Å². The third kappa shape index (κ3) is 3.60. The quantitative estimate of drug-likeness (QED) is 0.163. The summed E-state index contributed by atoms with van der Waals surface area (Å²) >= 11 is 30.3. The Balaban J connectivity index is 2.24. The van der Waals surface area contributed by atoms with Crippen molar-refractivity contribution in [1.82, 2.24) is 4.90 Å². The molecule has 0 atom stereocenters. The third-order valence-corrected chi connectivity index (χ3v) is 14.6. The molecule has 2 aromatic rings. The number of imide groups is 3. The van der Waals surface area contributed by atoms with Crippen LogP contribution in [0.15, 0.2) is 40.3 Å². The first-order valence-corrected chi connectivity index (χ1v) is 13.9. The average Bonchev–Trinajstić information content (AvgIpc) is 2.91. The lowest BCUT2D eigenvalue weighted by Gasteiger charge is -2.17. The second kappa shape index (κ2) is 8.84. The number of nitrogens with zero attached hydrogens (tertiary/aromatic N) is 1. The van der Waals surface area contributed by atoms with E-state index in [0.29, 0.717) is 45.2 Å². The molecule has 13 heteroatoms. The molecule has 0 N–H and O–H groups in total. The third-order valence-electron chi connectivity index (χ3n) is 3.73. The van der Waals surface area contributed by atoms with Gasteiger partial charge in [-0.3, -0.25) is 14.4 Å². The Morgan fingerprint density at radius 1 is 0.500 bits per heavy atom. The van der Waals surface area contributed by atoms with E-state index in [-0.39, 0.29) is 16.7 Å². The molecule has 2 aromatic carbocycles. The number of rotatable bonds is 1. The van der Waals surface area contributed by atoms with Crippen molar-refractivity contribution >= 4 is 161 Å². The van der Waals surface area contributed by atoms with E-state index in [1.54, 1.807) is 0 Å². The highest BCUT2D eigenvalue weighted by molar-refractivity contribution is 9.16. The molecule has 146 valence electrons. The first kappa shape index (κ1) is 24.2. The van der Waals surface area contributed by atoms with E-state index in [2.05, 4.69) is 143 Å². The van der Waals surface area contributed by atoms with Crippen LogP contribution in [0.25, 0.3) is 0 Å². The Morgan fingerprint density at radius 3 is 1.14 bits per heavy atom. The predicted octanol–water partition coefficient (Wildman–Crippen LogP) is 8.99. The first-order chi connectivity index (χ1) is 12.9. The fourth-order valence-electron chi connectivity index (χ4n) is 2.44. The predicted molar refractivity (Wildman–Crippen MR) is 137 cm³/mol. The molecule has 4 nitrogen and oxygen atoms in total. The van der Waals surface area contributed by atoms with E-state index >= 15 is 0 Å². The van der Waals surface area contributed by atoms with Crippen molar-refractivity contribution in [3.8, 4) is 0 Å². The van der Waals surface area contributed by atoms with Gasteiger partial charge in [0.15, 0.2) is 0 Å². The molecule has 0 bridgehead atoms. The fraction of sp³-hybridized carbons (Fsp3) is 0. The SMILES string of the molecule is O=C(c1c(Br)c(Br)c(Br)c(Br)c1Br)N1C(=O)c2c(Br)c(Br)c(Br)c(Br)c2C1=O. The highest BCUT2D eigenvalue weighted by Crippen LogP contribution is 2.48.